The Balaban J connectivity index is 1.68. The van der Waals surface area contributed by atoms with Gasteiger partial charge in [-0.05, 0) is 77.8 Å². The summed E-state index contributed by atoms with van der Waals surface area (Å²) in [6.07, 6.45) is 0. The first-order valence-electron chi connectivity index (χ1n) is 9.29. The van der Waals surface area contributed by atoms with Gasteiger partial charge in [0.1, 0.15) is 17.1 Å². The molecule has 27 heavy (non-hydrogen) atoms. The van der Waals surface area contributed by atoms with Crippen molar-refractivity contribution in [2.75, 3.05) is 0 Å². The van der Waals surface area contributed by atoms with Gasteiger partial charge >= 0.3 is 5.97 Å². The van der Waals surface area contributed by atoms with Gasteiger partial charge in [-0.1, -0.05) is 0 Å². The highest BCUT2D eigenvalue weighted by molar-refractivity contribution is 5.94. The molecule has 0 aliphatic carbocycles. The van der Waals surface area contributed by atoms with Gasteiger partial charge in [0.05, 0.1) is 11.2 Å². The molecule has 3 saturated heterocycles. The fraction of sp³-hybridized carbons (Fsp3) is 0.650. The van der Waals surface area contributed by atoms with Crippen molar-refractivity contribution in [3.05, 3.63) is 29.3 Å². The number of aliphatic hydroxyl groups is 2. The first-order valence-corrected chi connectivity index (χ1v) is 9.29. The Morgan fingerprint density at radius 1 is 0.926 bits per heavy atom. The van der Waals surface area contributed by atoms with Gasteiger partial charge in [-0.2, -0.15) is 0 Å². The number of fused-ring (bicyclic) bond motifs is 1. The van der Waals surface area contributed by atoms with Crippen molar-refractivity contribution < 1.29 is 19.7 Å². The van der Waals surface area contributed by atoms with E-state index in [4.69, 9.17) is 4.74 Å². The van der Waals surface area contributed by atoms with Gasteiger partial charge in [0.15, 0.2) is 5.54 Å². The molecule has 0 spiro atoms. The molecule has 3 aliphatic rings. The Morgan fingerprint density at radius 3 is 1.63 bits per heavy atom. The standard InChI is InChI=1S/C20H29N3O4/c1-15(2,25)11-8-12(16(3,4)26)10-13(9-11)27-14(24)19(17(5,6)21-19)20-18(7,22-20)23-20/h8-10,21-23,25-26H,1-7H3. The molecular weight excluding hydrogens is 346 g/mol. The highest BCUT2D eigenvalue weighted by Crippen LogP contribution is 2.65. The molecule has 0 radical (unpaired) electrons. The molecule has 0 bridgehead atoms. The molecule has 0 saturated carbocycles. The molecule has 7 heteroatoms. The van der Waals surface area contributed by atoms with Gasteiger partial charge in [-0.25, -0.2) is 4.79 Å². The summed E-state index contributed by atoms with van der Waals surface area (Å²) in [5.74, 6) is -0.0802. The number of esters is 1. The summed E-state index contributed by atoms with van der Waals surface area (Å²) in [6.45, 7) is 12.6. The highest BCUT2D eigenvalue weighted by Gasteiger charge is 2.98. The lowest BCUT2D eigenvalue weighted by Crippen LogP contribution is -2.51. The Bertz CT molecular complexity index is 812. The SMILES string of the molecule is CC(C)(O)c1cc(OC(=O)C2(C34NC3(C)N4)NC2(C)C)cc(C(C)(C)O)c1. The summed E-state index contributed by atoms with van der Waals surface area (Å²) in [5.41, 5.74) is -3.12. The van der Waals surface area contributed by atoms with Crippen LogP contribution in [0.5, 0.6) is 5.75 Å². The van der Waals surface area contributed by atoms with Crippen molar-refractivity contribution in [3.8, 4) is 5.75 Å². The van der Waals surface area contributed by atoms with Crippen molar-refractivity contribution in [2.24, 2.45) is 0 Å². The zero-order valence-corrected chi connectivity index (χ0v) is 16.9. The summed E-state index contributed by atoms with van der Waals surface area (Å²) in [7, 11) is 0. The lowest BCUT2D eigenvalue weighted by molar-refractivity contribution is -0.138. The van der Waals surface area contributed by atoms with E-state index in [1.54, 1.807) is 45.9 Å². The third-order valence-corrected chi connectivity index (χ3v) is 6.27. The number of hydrogen-bond acceptors (Lipinski definition) is 7. The van der Waals surface area contributed by atoms with Crippen LogP contribution < -0.4 is 20.7 Å². The third-order valence-electron chi connectivity index (χ3n) is 6.27. The Morgan fingerprint density at radius 2 is 1.33 bits per heavy atom. The maximum atomic E-state index is 13.2. The number of rotatable bonds is 5. The predicted molar refractivity (Wildman–Crippen MR) is 99.9 cm³/mol. The number of nitrogens with one attached hydrogen (secondary N) is 3. The number of ether oxygens (including phenoxy) is 1. The smallest absolute Gasteiger partial charge is 0.337 e. The lowest BCUT2D eigenvalue weighted by Gasteiger charge is -2.25. The molecule has 0 amide bonds. The van der Waals surface area contributed by atoms with E-state index in [0.29, 0.717) is 16.9 Å². The molecule has 0 aromatic heterocycles. The molecule has 4 rings (SSSR count). The highest BCUT2D eigenvalue weighted by atomic mass is 16.5. The van der Waals surface area contributed by atoms with Crippen LogP contribution in [-0.4, -0.2) is 38.6 Å². The number of carbonyl (C=O) groups excluding carboxylic acids is 1. The molecule has 5 N–H and O–H groups in total. The minimum absolute atomic E-state index is 0.236. The topological polar surface area (TPSA) is 133 Å². The molecule has 1 unspecified atom stereocenters. The molecule has 1 atom stereocenters. The van der Waals surface area contributed by atoms with Crippen LogP contribution in [0.3, 0.4) is 0 Å². The van der Waals surface area contributed by atoms with Crippen LogP contribution in [0.15, 0.2) is 18.2 Å². The molecule has 3 heterocycles. The molecular formula is C20H29N3O4. The quantitative estimate of drug-likeness (QED) is 0.292. The minimum atomic E-state index is -1.13. The Hall–Kier alpha value is -1.51. The second-order valence-electron chi connectivity index (χ2n) is 9.88. The van der Waals surface area contributed by atoms with E-state index < -0.39 is 27.9 Å². The van der Waals surface area contributed by atoms with Crippen molar-refractivity contribution in [1.82, 2.24) is 16.0 Å². The van der Waals surface area contributed by atoms with Crippen molar-refractivity contribution >= 4 is 5.97 Å². The van der Waals surface area contributed by atoms with Gasteiger partial charge in [0.2, 0.25) is 0 Å². The summed E-state index contributed by atoms with van der Waals surface area (Å²) in [4.78, 5) is 13.2. The first kappa shape index (κ1) is 18.8. The molecule has 1 aromatic carbocycles. The van der Waals surface area contributed by atoms with E-state index in [2.05, 4.69) is 16.0 Å². The van der Waals surface area contributed by atoms with Gasteiger partial charge in [-0.15, -0.1) is 0 Å². The van der Waals surface area contributed by atoms with Crippen molar-refractivity contribution in [1.29, 1.82) is 0 Å². The fourth-order valence-electron chi connectivity index (χ4n) is 4.26. The van der Waals surface area contributed by atoms with Crippen molar-refractivity contribution in [2.45, 2.75) is 82.1 Å². The monoisotopic (exact) mass is 375 g/mol. The summed E-state index contributed by atoms with van der Waals surface area (Å²) >= 11 is 0. The van der Waals surface area contributed by atoms with Crippen LogP contribution in [0.4, 0.5) is 0 Å². The van der Waals surface area contributed by atoms with E-state index in [1.165, 1.54) is 0 Å². The van der Waals surface area contributed by atoms with Crippen molar-refractivity contribution in [3.63, 3.8) is 0 Å². The van der Waals surface area contributed by atoms with Crippen LogP contribution in [0.25, 0.3) is 0 Å². The van der Waals surface area contributed by atoms with Crippen LogP contribution >= 0.6 is 0 Å². The average molecular weight is 375 g/mol. The molecule has 148 valence electrons. The molecule has 3 aliphatic heterocycles. The molecule has 7 nitrogen and oxygen atoms in total. The van der Waals surface area contributed by atoms with E-state index in [9.17, 15) is 15.0 Å². The molecule has 3 fully saturated rings. The van der Waals surface area contributed by atoms with Crippen LogP contribution in [0, 0.1) is 0 Å². The van der Waals surface area contributed by atoms with Crippen LogP contribution in [0.1, 0.15) is 59.6 Å². The van der Waals surface area contributed by atoms with E-state index in [1.807, 2.05) is 20.8 Å². The fourth-order valence-corrected chi connectivity index (χ4v) is 4.26. The maximum Gasteiger partial charge on any atom is 0.337 e. The Labute approximate surface area is 159 Å². The second-order valence-corrected chi connectivity index (χ2v) is 9.88. The normalized spacial score (nSPS) is 36.0. The minimum Gasteiger partial charge on any atom is -0.425 e. The average Bonchev–Trinajstić information content (AvgIpc) is 3.36. The zero-order chi connectivity index (χ0) is 20.3. The summed E-state index contributed by atoms with van der Waals surface area (Å²) < 4.78 is 5.78. The maximum absolute atomic E-state index is 13.2. The summed E-state index contributed by atoms with van der Waals surface area (Å²) in [5, 5.41) is 30.8. The van der Waals surface area contributed by atoms with E-state index in [-0.39, 0.29) is 11.6 Å². The van der Waals surface area contributed by atoms with Gasteiger partial charge in [-0.3, -0.25) is 16.0 Å². The van der Waals surface area contributed by atoms with E-state index in [0.717, 1.165) is 0 Å². The second kappa shape index (κ2) is 4.72. The lowest BCUT2D eigenvalue weighted by atomic mass is 9.89. The van der Waals surface area contributed by atoms with Gasteiger partial charge in [0, 0.05) is 5.54 Å². The first-order chi connectivity index (χ1) is 12.1. The van der Waals surface area contributed by atoms with Crippen LogP contribution in [-0.2, 0) is 16.0 Å². The number of carbonyl (C=O) groups is 1. The van der Waals surface area contributed by atoms with Gasteiger partial charge in [0.25, 0.3) is 0 Å². The largest absolute Gasteiger partial charge is 0.425 e. The number of benzene rings is 1. The predicted octanol–water partition coefficient (Wildman–Crippen LogP) is 0.786. The summed E-state index contributed by atoms with van der Waals surface area (Å²) in [6, 6.07) is 5.02. The van der Waals surface area contributed by atoms with Gasteiger partial charge < -0.3 is 14.9 Å². The third kappa shape index (κ3) is 2.42. The molecule has 1 aromatic rings. The van der Waals surface area contributed by atoms with Crippen LogP contribution in [0.2, 0.25) is 0 Å². The Kier molecular flexibility index (Phi) is 3.29. The van der Waals surface area contributed by atoms with E-state index >= 15 is 0 Å². The number of hydrogen-bond donors (Lipinski definition) is 5. The zero-order valence-electron chi connectivity index (χ0n) is 16.9.